The van der Waals surface area contributed by atoms with Gasteiger partial charge in [0.05, 0.1) is 11.3 Å². The van der Waals surface area contributed by atoms with E-state index in [-0.39, 0.29) is 5.56 Å². The summed E-state index contributed by atoms with van der Waals surface area (Å²) < 4.78 is 0. The minimum atomic E-state index is -0.994. The van der Waals surface area contributed by atoms with Gasteiger partial charge in [0, 0.05) is 18.8 Å². The molecule has 5 heteroatoms. The van der Waals surface area contributed by atoms with Crippen LogP contribution in [0.4, 0.5) is 11.5 Å². The van der Waals surface area contributed by atoms with Gasteiger partial charge in [0.15, 0.2) is 5.82 Å². The molecule has 0 aromatic carbocycles. The van der Waals surface area contributed by atoms with Crippen molar-refractivity contribution in [2.45, 2.75) is 52.0 Å². The summed E-state index contributed by atoms with van der Waals surface area (Å²) in [4.78, 5) is 17.9. The van der Waals surface area contributed by atoms with Gasteiger partial charge >= 0.3 is 5.97 Å². The molecule has 0 aliphatic heterocycles. The molecule has 0 bridgehead atoms. The summed E-state index contributed by atoms with van der Waals surface area (Å²) in [6.07, 6.45) is 7.32. The molecule has 2 rings (SSSR count). The van der Waals surface area contributed by atoms with E-state index in [1.54, 1.807) is 6.20 Å². The Hall–Kier alpha value is -1.78. The highest BCUT2D eigenvalue weighted by molar-refractivity contribution is 5.96. The fourth-order valence-corrected chi connectivity index (χ4v) is 2.95. The van der Waals surface area contributed by atoms with Crippen molar-refractivity contribution < 1.29 is 9.90 Å². The van der Waals surface area contributed by atoms with E-state index in [2.05, 4.69) is 23.7 Å². The number of nitrogen functional groups attached to an aromatic ring is 1. The molecule has 1 saturated carbocycles. The molecule has 1 fully saturated rings. The van der Waals surface area contributed by atoms with Crippen LogP contribution in [0.1, 0.15) is 56.3 Å². The first-order valence-electron chi connectivity index (χ1n) is 7.75. The second-order valence-electron chi connectivity index (χ2n) is 6.22. The average molecular weight is 291 g/mol. The summed E-state index contributed by atoms with van der Waals surface area (Å²) in [5.41, 5.74) is 6.51. The molecule has 1 aromatic heterocycles. The number of rotatable bonds is 6. The molecular formula is C16H25N3O2. The van der Waals surface area contributed by atoms with Gasteiger partial charge in [0.2, 0.25) is 0 Å². The molecule has 1 aliphatic carbocycles. The lowest BCUT2D eigenvalue weighted by Crippen LogP contribution is -2.36. The lowest BCUT2D eigenvalue weighted by Gasteiger charge is -2.32. The number of carbonyl (C=O) groups is 1. The topological polar surface area (TPSA) is 79.5 Å². The first-order chi connectivity index (χ1) is 10.0. The number of hydrogen-bond donors (Lipinski definition) is 2. The first kappa shape index (κ1) is 15.6. The number of aromatic nitrogens is 1. The molecule has 0 spiro atoms. The van der Waals surface area contributed by atoms with Crippen molar-refractivity contribution in [2.75, 3.05) is 17.2 Å². The number of carboxylic acid groups (broad SMARTS) is 1. The van der Waals surface area contributed by atoms with E-state index in [4.69, 9.17) is 5.73 Å². The third-order valence-corrected chi connectivity index (χ3v) is 4.18. The molecule has 0 unspecified atom stereocenters. The summed E-state index contributed by atoms with van der Waals surface area (Å²) in [6.45, 7) is 5.26. The van der Waals surface area contributed by atoms with Crippen molar-refractivity contribution in [2.24, 2.45) is 5.92 Å². The number of carboxylic acids is 1. The summed E-state index contributed by atoms with van der Waals surface area (Å²) in [5, 5.41) is 9.23. The second-order valence-corrected chi connectivity index (χ2v) is 6.22. The van der Waals surface area contributed by atoms with E-state index in [0.29, 0.717) is 23.5 Å². The van der Waals surface area contributed by atoms with E-state index in [1.165, 1.54) is 18.9 Å². The maximum Gasteiger partial charge on any atom is 0.337 e. The molecule has 0 amide bonds. The number of hydrogen-bond acceptors (Lipinski definition) is 4. The Morgan fingerprint density at radius 3 is 2.71 bits per heavy atom. The van der Waals surface area contributed by atoms with Crippen molar-refractivity contribution in [1.29, 1.82) is 0 Å². The van der Waals surface area contributed by atoms with E-state index >= 15 is 0 Å². The molecule has 0 atom stereocenters. The predicted molar refractivity (Wildman–Crippen MR) is 84.7 cm³/mol. The van der Waals surface area contributed by atoms with Gasteiger partial charge in [0.1, 0.15) is 0 Å². The zero-order valence-electron chi connectivity index (χ0n) is 12.9. The van der Waals surface area contributed by atoms with Crippen LogP contribution in [0.2, 0.25) is 0 Å². The Morgan fingerprint density at radius 2 is 2.14 bits per heavy atom. The maximum atomic E-state index is 11.3. The largest absolute Gasteiger partial charge is 0.478 e. The highest BCUT2D eigenvalue weighted by atomic mass is 16.4. The maximum absolute atomic E-state index is 11.3. The number of nitrogens with zero attached hydrogens (tertiary/aromatic N) is 2. The van der Waals surface area contributed by atoms with Gasteiger partial charge in [-0.2, -0.15) is 0 Å². The zero-order valence-corrected chi connectivity index (χ0v) is 12.9. The Kier molecular flexibility index (Phi) is 5.04. The highest BCUT2D eigenvalue weighted by Gasteiger charge is 2.26. The summed E-state index contributed by atoms with van der Waals surface area (Å²) >= 11 is 0. The van der Waals surface area contributed by atoms with Crippen LogP contribution >= 0.6 is 0 Å². The quantitative estimate of drug-likeness (QED) is 0.841. The van der Waals surface area contributed by atoms with Crippen molar-refractivity contribution >= 4 is 17.5 Å². The lowest BCUT2D eigenvalue weighted by atomic mass is 10.1. The zero-order chi connectivity index (χ0) is 15.4. The number of aromatic carboxylic acids is 1. The molecule has 1 aliphatic rings. The second kappa shape index (κ2) is 6.78. The van der Waals surface area contributed by atoms with Crippen molar-refractivity contribution in [3.05, 3.63) is 17.8 Å². The third-order valence-electron chi connectivity index (χ3n) is 4.18. The van der Waals surface area contributed by atoms with Crippen LogP contribution in [0.25, 0.3) is 0 Å². The fourth-order valence-electron chi connectivity index (χ4n) is 2.95. The monoisotopic (exact) mass is 291 g/mol. The standard InChI is InChI=1S/C16H25N3O2/c1-11(2)8-10-19(12-5-3-4-6-12)15-14(17)13(16(20)21)7-9-18-15/h7,9,11-12H,3-6,8,10,17H2,1-2H3,(H,20,21). The van der Waals surface area contributed by atoms with Gasteiger partial charge in [-0.3, -0.25) is 0 Å². The van der Waals surface area contributed by atoms with Gasteiger partial charge < -0.3 is 15.7 Å². The van der Waals surface area contributed by atoms with Gasteiger partial charge in [-0.15, -0.1) is 0 Å². The molecule has 3 N–H and O–H groups in total. The van der Waals surface area contributed by atoms with Gasteiger partial charge in [0.25, 0.3) is 0 Å². The first-order valence-corrected chi connectivity index (χ1v) is 7.75. The van der Waals surface area contributed by atoms with Crippen LogP contribution in [0.5, 0.6) is 0 Å². The molecule has 0 radical (unpaired) electrons. The molecule has 116 valence electrons. The van der Waals surface area contributed by atoms with E-state index < -0.39 is 5.97 Å². The SMILES string of the molecule is CC(C)CCN(c1nccc(C(=O)O)c1N)C1CCCC1. The Labute approximate surface area is 126 Å². The summed E-state index contributed by atoms with van der Waals surface area (Å²) in [7, 11) is 0. The highest BCUT2D eigenvalue weighted by Crippen LogP contribution is 2.32. The number of nitrogens with two attached hydrogens (primary N) is 1. The predicted octanol–water partition coefficient (Wildman–Crippen LogP) is 3.16. The van der Waals surface area contributed by atoms with Crippen LogP contribution in [-0.4, -0.2) is 28.6 Å². The Balaban J connectivity index is 2.31. The molecule has 1 heterocycles. The lowest BCUT2D eigenvalue weighted by molar-refractivity contribution is 0.0698. The van der Waals surface area contributed by atoms with E-state index in [1.807, 2.05) is 0 Å². The summed E-state index contributed by atoms with van der Waals surface area (Å²) in [5.74, 6) is 0.242. The van der Waals surface area contributed by atoms with Crippen LogP contribution in [0.3, 0.4) is 0 Å². The van der Waals surface area contributed by atoms with Crippen LogP contribution in [-0.2, 0) is 0 Å². The minimum absolute atomic E-state index is 0.146. The Morgan fingerprint density at radius 1 is 1.48 bits per heavy atom. The fraction of sp³-hybridized carbons (Fsp3) is 0.625. The molecule has 0 saturated heterocycles. The molecule has 1 aromatic rings. The van der Waals surface area contributed by atoms with Crippen molar-refractivity contribution in [1.82, 2.24) is 4.98 Å². The molecular weight excluding hydrogens is 266 g/mol. The van der Waals surface area contributed by atoms with Crippen LogP contribution in [0.15, 0.2) is 12.3 Å². The smallest absolute Gasteiger partial charge is 0.337 e. The van der Waals surface area contributed by atoms with Crippen molar-refractivity contribution in [3.8, 4) is 0 Å². The van der Waals surface area contributed by atoms with Gasteiger partial charge in [-0.05, 0) is 31.2 Å². The van der Waals surface area contributed by atoms with Crippen LogP contribution < -0.4 is 10.6 Å². The molecule has 5 nitrogen and oxygen atoms in total. The minimum Gasteiger partial charge on any atom is -0.478 e. The normalized spacial score (nSPS) is 15.6. The Bertz CT molecular complexity index is 496. The third kappa shape index (κ3) is 3.65. The van der Waals surface area contributed by atoms with E-state index in [0.717, 1.165) is 25.8 Å². The van der Waals surface area contributed by atoms with E-state index in [9.17, 15) is 9.90 Å². The van der Waals surface area contributed by atoms with Gasteiger partial charge in [-0.25, -0.2) is 9.78 Å². The number of pyridine rings is 1. The molecule has 21 heavy (non-hydrogen) atoms. The summed E-state index contributed by atoms with van der Waals surface area (Å²) in [6, 6.07) is 1.90. The van der Waals surface area contributed by atoms with Crippen molar-refractivity contribution in [3.63, 3.8) is 0 Å². The van der Waals surface area contributed by atoms with Gasteiger partial charge in [-0.1, -0.05) is 26.7 Å². The van der Waals surface area contributed by atoms with Crippen LogP contribution in [0, 0.1) is 5.92 Å². The number of anilines is 2. The average Bonchev–Trinajstić information content (AvgIpc) is 2.94.